The van der Waals surface area contributed by atoms with E-state index < -0.39 is 21.4 Å². The minimum Gasteiger partial charge on any atom is -0.396 e. The Morgan fingerprint density at radius 1 is 1.40 bits per heavy atom. The molecular weight excluding hydrogens is 351 g/mol. The lowest BCUT2D eigenvalue weighted by Gasteiger charge is -2.35. The second-order valence-electron chi connectivity index (χ2n) is 5.21. The maximum absolute atomic E-state index is 13.3. The minimum absolute atomic E-state index is 0.0575. The van der Waals surface area contributed by atoms with E-state index in [1.165, 1.54) is 4.31 Å². The van der Waals surface area contributed by atoms with Crippen molar-refractivity contribution >= 4 is 31.6 Å². The highest BCUT2D eigenvalue weighted by Crippen LogP contribution is 2.32. The van der Waals surface area contributed by atoms with Crippen LogP contribution < -0.4 is 5.73 Å². The molecule has 0 amide bonds. The molecule has 0 unspecified atom stereocenters. The molecule has 20 heavy (non-hydrogen) atoms. The van der Waals surface area contributed by atoms with Gasteiger partial charge in [0.05, 0.1) is 16.2 Å². The predicted molar refractivity (Wildman–Crippen MR) is 77.1 cm³/mol. The molecule has 1 aliphatic heterocycles. The molecular formula is C12H16BrFN2O3S. The van der Waals surface area contributed by atoms with Gasteiger partial charge in [0.2, 0.25) is 10.0 Å². The van der Waals surface area contributed by atoms with Gasteiger partial charge in [-0.2, -0.15) is 4.31 Å². The first-order chi connectivity index (χ1) is 9.13. The molecule has 0 aliphatic carbocycles. The summed E-state index contributed by atoms with van der Waals surface area (Å²) in [5, 5.41) is 9.86. The van der Waals surface area contributed by atoms with Crippen molar-refractivity contribution in [3.63, 3.8) is 0 Å². The second-order valence-corrected chi connectivity index (χ2v) is 7.97. The number of halogens is 2. The zero-order valence-electron chi connectivity index (χ0n) is 10.9. The molecule has 0 saturated carbocycles. The summed E-state index contributed by atoms with van der Waals surface area (Å²) in [6.07, 6.45) is 0.723. The summed E-state index contributed by atoms with van der Waals surface area (Å²) in [5.74, 6) is -0.669. The van der Waals surface area contributed by atoms with Crippen LogP contribution in [0.4, 0.5) is 10.1 Å². The van der Waals surface area contributed by atoms with Gasteiger partial charge in [-0.15, -0.1) is 0 Å². The molecule has 0 bridgehead atoms. The van der Waals surface area contributed by atoms with E-state index in [9.17, 15) is 17.9 Å². The van der Waals surface area contributed by atoms with E-state index in [2.05, 4.69) is 15.9 Å². The van der Waals surface area contributed by atoms with Gasteiger partial charge in [-0.25, -0.2) is 12.8 Å². The van der Waals surface area contributed by atoms with Crippen molar-refractivity contribution in [2.75, 3.05) is 18.8 Å². The first-order valence-electron chi connectivity index (χ1n) is 6.10. The van der Waals surface area contributed by atoms with Gasteiger partial charge in [-0.3, -0.25) is 0 Å². The Morgan fingerprint density at radius 2 is 1.95 bits per heavy atom. The third-order valence-electron chi connectivity index (χ3n) is 3.47. The summed E-state index contributed by atoms with van der Waals surface area (Å²) in [7, 11) is -3.75. The normalized spacial score (nSPS) is 20.0. The first-order valence-corrected chi connectivity index (χ1v) is 8.34. The molecule has 0 aromatic heterocycles. The molecule has 1 aliphatic rings. The van der Waals surface area contributed by atoms with Crippen LogP contribution in [0.5, 0.6) is 0 Å². The highest BCUT2D eigenvalue weighted by atomic mass is 79.9. The molecule has 0 atom stereocenters. The lowest BCUT2D eigenvalue weighted by molar-refractivity contribution is 0.0126. The van der Waals surface area contributed by atoms with E-state index in [0.717, 1.165) is 12.1 Å². The zero-order valence-corrected chi connectivity index (χ0v) is 13.3. The summed E-state index contributed by atoms with van der Waals surface area (Å²) < 4.78 is 39.8. The maximum atomic E-state index is 13.3. The van der Waals surface area contributed by atoms with Crippen molar-refractivity contribution < 1.29 is 17.9 Å². The molecule has 0 radical (unpaired) electrons. The van der Waals surface area contributed by atoms with Gasteiger partial charge in [0.25, 0.3) is 0 Å². The Morgan fingerprint density at radius 3 is 2.50 bits per heavy atom. The van der Waals surface area contributed by atoms with Gasteiger partial charge in [0.1, 0.15) is 5.82 Å². The first kappa shape index (κ1) is 15.7. The van der Waals surface area contributed by atoms with Crippen LogP contribution in [-0.4, -0.2) is 36.5 Å². The number of hydrogen-bond acceptors (Lipinski definition) is 4. The number of nitrogens with zero attached hydrogens (tertiary/aromatic N) is 1. The Labute approximate surface area is 125 Å². The Hall–Kier alpha value is -0.700. The largest absolute Gasteiger partial charge is 0.396 e. The lowest BCUT2D eigenvalue weighted by Crippen LogP contribution is -2.45. The molecule has 0 spiro atoms. The third kappa shape index (κ3) is 2.98. The highest BCUT2D eigenvalue weighted by molar-refractivity contribution is 9.10. The molecule has 3 N–H and O–H groups in total. The summed E-state index contributed by atoms with van der Waals surface area (Å²) in [4.78, 5) is -0.0575. The number of sulfonamides is 1. The molecule has 1 fully saturated rings. The minimum atomic E-state index is -3.75. The number of anilines is 1. The maximum Gasteiger partial charge on any atom is 0.244 e. The van der Waals surface area contributed by atoms with E-state index in [-0.39, 0.29) is 28.1 Å². The van der Waals surface area contributed by atoms with E-state index >= 15 is 0 Å². The van der Waals surface area contributed by atoms with Gasteiger partial charge in [0.15, 0.2) is 0 Å². The molecule has 1 saturated heterocycles. The van der Waals surface area contributed by atoms with Crippen molar-refractivity contribution in [3.8, 4) is 0 Å². The summed E-state index contributed by atoms with van der Waals surface area (Å²) in [6, 6.07) is 2.16. The van der Waals surface area contributed by atoms with Crippen molar-refractivity contribution in [1.82, 2.24) is 4.31 Å². The number of hydrogen-bond donors (Lipinski definition) is 2. The van der Waals surface area contributed by atoms with Crippen LogP contribution in [0.25, 0.3) is 0 Å². The molecule has 1 aromatic rings. The fourth-order valence-electron chi connectivity index (χ4n) is 2.09. The molecule has 1 heterocycles. The predicted octanol–water partition coefficient (Wildman–Crippen LogP) is 1.71. The van der Waals surface area contributed by atoms with Gasteiger partial charge in [-0.1, -0.05) is 0 Å². The Bertz CT molecular complexity index is 624. The SMILES string of the molecule is CC1(O)CCN(S(=O)(=O)c2cc(N)c(F)cc2Br)CC1. The fraction of sp³-hybridized carbons (Fsp3) is 0.500. The van der Waals surface area contributed by atoms with Crippen LogP contribution >= 0.6 is 15.9 Å². The van der Waals surface area contributed by atoms with E-state index in [1.807, 2.05) is 0 Å². The van der Waals surface area contributed by atoms with E-state index in [4.69, 9.17) is 5.73 Å². The number of benzene rings is 1. The topological polar surface area (TPSA) is 83.6 Å². The van der Waals surface area contributed by atoms with Crippen LogP contribution in [0.2, 0.25) is 0 Å². The molecule has 1 aromatic carbocycles. The fourth-order valence-corrected chi connectivity index (χ4v) is 4.54. The van der Waals surface area contributed by atoms with Crippen LogP contribution in [0, 0.1) is 5.82 Å². The molecule has 112 valence electrons. The Kier molecular flexibility index (Phi) is 4.12. The van der Waals surface area contributed by atoms with Crippen molar-refractivity contribution in [1.29, 1.82) is 0 Å². The summed E-state index contributed by atoms with van der Waals surface area (Å²) in [6.45, 7) is 2.13. The zero-order chi connectivity index (χ0) is 15.1. The molecule has 2 rings (SSSR count). The van der Waals surface area contributed by atoms with Crippen molar-refractivity contribution in [2.45, 2.75) is 30.3 Å². The van der Waals surface area contributed by atoms with Crippen LogP contribution in [0.1, 0.15) is 19.8 Å². The second kappa shape index (κ2) is 5.25. The quantitative estimate of drug-likeness (QED) is 0.780. The monoisotopic (exact) mass is 366 g/mol. The average molecular weight is 367 g/mol. The number of nitrogens with two attached hydrogens (primary N) is 1. The summed E-state index contributed by atoms with van der Waals surface area (Å²) >= 11 is 3.06. The van der Waals surface area contributed by atoms with Crippen molar-refractivity contribution in [2.24, 2.45) is 0 Å². The number of aliphatic hydroxyl groups is 1. The Balaban J connectivity index is 2.34. The van der Waals surface area contributed by atoms with Gasteiger partial charge >= 0.3 is 0 Å². The smallest absolute Gasteiger partial charge is 0.244 e. The van der Waals surface area contributed by atoms with Gasteiger partial charge in [-0.05, 0) is 47.8 Å². The van der Waals surface area contributed by atoms with E-state index in [0.29, 0.717) is 12.8 Å². The van der Waals surface area contributed by atoms with Gasteiger partial charge in [0, 0.05) is 17.6 Å². The summed E-state index contributed by atoms with van der Waals surface area (Å²) in [5.41, 5.74) is 4.39. The third-order valence-corrected chi connectivity index (χ3v) is 6.33. The van der Waals surface area contributed by atoms with Crippen LogP contribution in [-0.2, 0) is 10.0 Å². The highest BCUT2D eigenvalue weighted by Gasteiger charge is 2.35. The van der Waals surface area contributed by atoms with Crippen LogP contribution in [0.3, 0.4) is 0 Å². The number of rotatable bonds is 2. The number of nitrogen functional groups attached to an aromatic ring is 1. The molecule has 8 heteroatoms. The van der Waals surface area contributed by atoms with Gasteiger partial charge < -0.3 is 10.8 Å². The standard InChI is InChI=1S/C12H16BrFN2O3S/c1-12(17)2-4-16(5-3-12)20(18,19)11-7-10(15)9(14)6-8(11)13/h6-7,17H,2-5,15H2,1H3. The molecule has 5 nitrogen and oxygen atoms in total. The van der Waals surface area contributed by atoms with Crippen LogP contribution in [0.15, 0.2) is 21.5 Å². The lowest BCUT2D eigenvalue weighted by atomic mass is 9.95. The number of piperidine rings is 1. The van der Waals surface area contributed by atoms with Crippen molar-refractivity contribution in [3.05, 3.63) is 22.4 Å². The van der Waals surface area contributed by atoms with E-state index in [1.54, 1.807) is 6.92 Å². The average Bonchev–Trinajstić information content (AvgIpc) is 2.33.